The van der Waals surface area contributed by atoms with E-state index in [0.29, 0.717) is 77.8 Å². The van der Waals surface area contributed by atoms with Gasteiger partial charge in [-0.05, 0) is 125 Å². The van der Waals surface area contributed by atoms with E-state index in [0.717, 1.165) is 92.8 Å². The van der Waals surface area contributed by atoms with E-state index in [1.54, 1.807) is 0 Å². The second kappa shape index (κ2) is 42.0. The highest BCUT2D eigenvalue weighted by molar-refractivity contribution is 6.18. The molecule has 16 nitrogen and oxygen atoms in total. The fourth-order valence-electron chi connectivity index (χ4n) is 9.29. The Labute approximate surface area is 529 Å². The molecule has 0 saturated heterocycles. The molecule has 89 heavy (non-hydrogen) atoms. The minimum atomic E-state index is -5.19. The van der Waals surface area contributed by atoms with Crippen LogP contribution in [0.3, 0.4) is 0 Å². The van der Waals surface area contributed by atoms with E-state index in [-0.39, 0.29) is 17.3 Å². The highest BCUT2D eigenvalue weighted by atomic mass is 35.5. The average molecular weight is 1300 g/mol. The Morgan fingerprint density at radius 2 is 0.876 bits per heavy atom. The van der Waals surface area contributed by atoms with Gasteiger partial charge >= 0.3 is 18.3 Å². The van der Waals surface area contributed by atoms with Gasteiger partial charge in [0, 0.05) is 110 Å². The Kier molecular flexibility index (Phi) is 37.3. The third kappa shape index (κ3) is 31.4. The number of hydrogen-bond acceptors (Lipinski definition) is 13. The molecule has 0 atom stereocenters. The number of carbonyl (C=O) groups excluding carboxylic acids is 3. The average Bonchev–Trinajstić information content (AvgIpc) is 1.84. The fraction of sp³-hybridized carbons (Fsp3) is 0.538. The monoisotopic (exact) mass is 1300 g/mol. The number of allylic oxidation sites excluding steroid dienone is 10. The Balaban J connectivity index is 0.000000441. The standard InChI is InChI=1S/C31H43ClN2O3.C20H22N2O2.C10H22ClNO2.2C2HF3O2/c1-31(2)29-22-26(33)13-11-24(29)21-25-12-14-27(23-30(25)31)34-16-7-9-28(35)10-8-18-37-20-19-36-17-6-4-3-5-15-32;1-20(2)17-11-15(21)7-5-13(17)10-14-6-8-16(12-18(14)20)22-9-3-4-19(23)24;11-5-3-1-2-4-7-13-9-10-14-8-6-12;2*3-2(4,5)1(6)7/h11-14,21-23H,3-10,15-20,33H2,1-2H3;5-8,10-12H,3-4,9,21H2,1-2H3,(H,23,24);1-10,12H2;2*(H,6,7). The number of hydrogen-bond donors (Lipinski definition) is 6. The first-order chi connectivity index (χ1) is 42.1. The first-order valence-electron chi connectivity index (χ1n) is 29.8. The number of carboxylic acids is 3. The quantitative estimate of drug-likeness (QED) is 0.0184. The number of unbranched alkanes of at least 4 members (excludes halogenated alkanes) is 6. The molecule has 0 aromatic heterocycles. The van der Waals surface area contributed by atoms with Gasteiger partial charge in [0.25, 0.3) is 0 Å². The smallest absolute Gasteiger partial charge is 0.430 e. The molecule has 24 heteroatoms. The lowest BCUT2D eigenvalue weighted by Gasteiger charge is -2.36. The van der Waals surface area contributed by atoms with Crippen LogP contribution in [0.25, 0.3) is 12.2 Å². The molecule has 0 radical (unpaired) electrons. The zero-order valence-electron chi connectivity index (χ0n) is 51.5. The maximum atomic E-state index is 12.2. The third-order valence-corrected chi connectivity index (χ3v) is 14.5. The van der Waals surface area contributed by atoms with Crippen LogP contribution >= 0.6 is 23.2 Å². The molecule has 4 aliphatic carbocycles. The maximum absolute atomic E-state index is 12.2. The molecule has 0 unspecified atom stereocenters. The van der Waals surface area contributed by atoms with E-state index < -0.39 is 30.3 Å². The van der Waals surface area contributed by atoms with Crippen LogP contribution in [0.2, 0.25) is 0 Å². The molecule has 0 amide bonds. The molecule has 496 valence electrons. The number of ketones is 1. The van der Waals surface area contributed by atoms with Crippen molar-refractivity contribution in [2.45, 2.75) is 141 Å². The van der Waals surface area contributed by atoms with Gasteiger partial charge in [0.1, 0.15) is 30.8 Å². The molecule has 9 N–H and O–H groups in total. The van der Waals surface area contributed by atoms with Crippen molar-refractivity contribution in [1.82, 2.24) is 0 Å². The van der Waals surface area contributed by atoms with Crippen LogP contribution in [0.1, 0.15) is 140 Å². The summed E-state index contributed by atoms with van der Waals surface area (Å²) in [6.45, 7) is 16.3. The van der Waals surface area contributed by atoms with E-state index in [9.17, 15) is 35.9 Å². The Morgan fingerprint density at radius 3 is 1.25 bits per heavy atom. The number of carbonyl (C=O) groups is 4. The van der Waals surface area contributed by atoms with Gasteiger partial charge in [-0.15, -0.1) is 23.2 Å². The van der Waals surface area contributed by atoms with Crippen LogP contribution in [0.4, 0.5) is 37.7 Å². The summed E-state index contributed by atoms with van der Waals surface area (Å²) in [4.78, 5) is 47.2. The van der Waals surface area contributed by atoms with Crippen molar-refractivity contribution >= 4 is 81.8 Å². The van der Waals surface area contributed by atoms with Crippen LogP contribution < -0.4 is 37.4 Å². The molecular weight excluding hydrogens is 1210 g/mol. The molecule has 0 saturated carbocycles. The van der Waals surface area contributed by atoms with E-state index in [4.69, 9.17) is 84.3 Å². The SMILES string of the molecule is CC1(C)C2=CC(=[NH+]CCCC(=O)CCCOCCOCCCCCCCl)C=CC2=Cc2ccc(N)cc21.CC1(C)C2=CC(=[NH+]CCCC(=O)O)C=CC2=Cc2ccc(N)cc21.NCCOCCOCCCCCCCl.O=C([O-])C(F)(F)F.O=C([O-])C(F)(F)F. The first-order valence-corrected chi connectivity index (χ1v) is 30.9. The topological polar surface area (TPSA) is 278 Å². The summed E-state index contributed by atoms with van der Waals surface area (Å²) in [6, 6.07) is 12.2. The summed E-state index contributed by atoms with van der Waals surface area (Å²) in [5, 5.41) is 26.3. The maximum Gasteiger partial charge on any atom is 0.430 e. The predicted octanol–water partition coefficient (Wildman–Crippen LogP) is 7.12. The zero-order valence-corrected chi connectivity index (χ0v) is 53.0. The minimum Gasteiger partial charge on any atom is -0.542 e. The second-order valence-corrected chi connectivity index (χ2v) is 22.7. The first kappa shape index (κ1) is 79.0. The Morgan fingerprint density at radius 1 is 0.517 bits per heavy atom. The lowest BCUT2D eigenvalue weighted by Crippen LogP contribution is -2.72. The van der Waals surface area contributed by atoms with Gasteiger partial charge in [-0.2, -0.15) is 26.3 Å². The van der Waals surface area contributed by atoms with E-state index in [1.165, 1.54) is 70.2 Å². The van der Waals surface area contributed by atoms with Crippen molar-refractivity contribution in [2.24, 2.45) is 5.73 Å². The van der Waals surface area contributed by atoms with Crippen molar-refractivity contribution in [3.05, 3.63) is 117 Å². The van der Waals surface area contributed by atoms with E-state index in [1.807, 2.05) is 12.1 Å². The summed E-state index contributed by atoms with van der Waals surface area (Å²) in [5.41, 5.74) is 30.7. The molecule has 0 aliphatic heterocycles. The number of benzene rings is 2. The molecule has 2 aromatic rings. The lowest BCUT2D eigenvalue weighted by atomic mass is 9.67. The highest BCUT2D eigenvalue weighted by Crippen LogP contribution is 2.46. The summed E-state index contributed by atoms with van der Waals surface area (Å²) in [5.74, 6) is -4.96. The number of fused-ring (bicyclic) bond motifs is 4. The van der Waals surface area contributed by atoms with Crippen LogP contribution in [0, 0.1) is 0 Å². The molecule has 0 heterocycles. The lowest BCUT2D eigenvalue weighted by molar-refractivity contribution is -0.456. The van der Waals surface area contributed by atoms with Crippen molar-refractivity contribution in [1.29, 1.82) is 0 Å². The zero-order chi connectivity index (χ0) is 66.5. The summed E-state index contributed by atoms with van der Waals surface area (Å²) >= 11 is 11.2. The molecular formula is C65H89Cl2F6N5O11. The van der Waals surface area contributed by atoms with Gasteiger partial charge in [0.15, 0.2) is 11.4 Å². The third-order valence-electron chi connectivity index (χ3n) is 14.0. The largest absolute Gasteiger partial charge is 0.542 e. The van der Waals surface area contributed by atoms with E-state index in [2.05, 4.69) is 111 Å². The Bertz CT molecular complexity index is 2770. The van der Waals surface area contributed by atoms with Crippen molar-refractivity contribution < 1.29 is 89.8 Å². The number of nitrogen functional groups attached to an aromatic ring is 2. The highest BCUT2D eigenvalue weighted by Gasteiger charge is 2.36. The summed E-state index contributed by atoms with van der Waals surface area (Å²) in [7, 11) is 0. The molecule has 2 aromatic carbocycles. The van der Waals surface area contributed by atoms with Gasteiger partial charge in [-0.25, -0.2) is 9.98 Å². The van der Waals surface area contributed by atoms with Gasteiger partial charge in [-0.3, -0.25) is 9.59 Å². The normalized spacial score (nSPS) is 15.7. The van der Waals surface area contributed by atoms with Crippen molar-refractivity contribution in [2.75, 3.05) is 95.7 Å². The second-order valence-electron chi connectivity index (χ2n) is 21.9. The van der Waals surface area contributed by atoms with Crippen LogP contribution in [-0.4, -0.2) is 137 Å². The predicted molar refractivity (Wildman–Crippen MR) is 333 cm³/mol. The van der Waals surface area contributed by atoms with Crippen LogP contribution in [0.15, 0.2) is 95.1 Å². The Hall–Kier alpha value is -6.14. The van der Waals surface area contributed by atoms with Gasteiger partial charge in [-0.1, -0.05) is 65.5 Å². The number of anilines is 2. The molecule has 6 rings (SSSR count). The summed E-state index contributed by atoms with van der Waals surface area (Å²) in [6.07, 6.45) is 19.6. The molecule has 0 fully saturated rings. The number of carboxylic acid groups (broad SMARTS) is 3. The van der Waals surface area contributed by atoms with Crippen LogP contribution in [0.5, 0.6) is 0 Å². The fourth-order valence-corrected chi connectivity index (χ4v) is 9.67. The summed E-state index contributed by atoms with van der Waals surface area (Å²) < 4.78 is 84.8. The van der Waals surface area contributed by atoms with Crippen LogP contribution in [-0.2, 0) is 49.0 Å². The number of alkyl halides is 8. The molecule has 0 bridgehead atoms. The van der Waals surface area contributed by atoms with Crippen molar-refractivity contribution in [3.8, 4) is 0 Å². The minimum absolute atomic E-state index is 0.124. The number of halogens is 8. The van der Waals surface area contributed by atoms with Gasteiger partial charge < -0.3 is 61.1 Å². The number of nitrogens with one attached hydrogen (secondary N) is 2. The van der Waals surface area contributed by atoms with Crippen molar-refractivity contribution in [3.63, 3.8) is 0 Å². The number of aliphatic carboxylic acids is 3. The number of nitrogens with two attached hydrogens (primary N) is 3. The van der Waals surface area contributed by atoms with Gasteiger partial charge in [0.05, 0.1) is 39.5 Å². The number of Topliss-reactive ketones (excluding diaryl/α,β-unsaturated/α-hetero) is 1. The number of rotatable bonds is 32. The van der Waals surface area contributed by atoms with E-state index >= 15 is 0 Å². The molecule has 4 aliphatic rings. The number of ether oxygens (including phenoxy) is 4. The van der Waals surface area contributed by atoms with Gasteiger partial charge in [0.2, 0.25) is 0 Å². The molecule has 0 spiro atoms.